The van der Waals surface area contributed by atoms with Gasteiger partial charge in [-0.1, -0.05) is 5.92 Å². The van der Waals surface area contributed by atoms with Crippen LogP contribution in [0.3, 0.4) is 0 Å². The smallest absolute Gasteiger partial charge is 0.214 e. The molecule has 0 aliphatic rings. The lowest BCUT2D eigenvalue weighted by molar-refractivity contribution is 0.398. The first-order valence-corrected chi connectivity index (χ1v) is 5.67. The zero-order valence-electron chi connectivity index (χ0n) is 10.2. The number of ether oxygens (including phenoxy) is 1. The van der Waals surface area contributed by atoms with E-state index in [0.717, 1.165) is 16.7 Å². The summed E-state index contributed by atoms with van der Waals surface area (Å²) in [7, 11) is 1.57. The van der Waals surface area contributed by atoms with E-state index in [1.165, 1.54) is 0 Å². The van der Waals surface area contributed by atoms with Crippen molar-refractivity contribution in [1.82, 2.24) is 19.9 Å². The SMILES string of the molecule is COc1cc(C#Cc2cnc3[nH]ccc3n2)ccn1. The van der Waals surface area contributed by atoms with Gasteiger partial charge in [0.25, 0.3) is 0 Å². The molecule has 5 heteroatoms. The van der Waals surface area contributed by atoms with Crippen molar-refractivity contribution in [3.05, 3.63) is 48.0 Å². The van der Waals surface area contributed by atoms with E-state index in [4.69, 9.17) is 4.74 Å². The Labute approximate surface area is 109 Å². The zero-order chi connectivity index (χ0) is 13.1. The highest BCUT2D eigenvalue weighted by Crippen LogP contribution is 2.08. The minimum absolute atomic E-state index is 0.541. The molecule has 0 saturated carbocycles. The second-order valence-electron chi connectivity index (χ2n) is 3.80. The number of rotatable bonds is 1. The molecule has 19 heavy (non-hydrogen) atoms. The van der Waals surface area contributed by atoms with E-state index >= 15 is 0 Å². The summed E-state index contributed by atoms with van der Waals surface area (Å²) in [6.07, 6.45) is 5.10. The molecule has 3 heterocycles. The number of fused-ring (bicyclic) bond motifs is 1. The average molecular weight is 250 g/mol. The molecule has 0 spiro atoms. The Hall–Kier alpha value is -2.87. The molecule has 0 amide bonds. The molecule has 0 fully saturated rings. The summed E-state index contributed by atoms with van der Waals surface area (Å²) >= 11 is 0. The van der Waals surface area contributed by atoms with Crippen LogP contribution in [-0.4, -0.2) is 27.0 Å². The Morgan fingerprint density at radius 3 is 3.05 bits per heavy atom. The largest absolute Gasteiger partial charge is 0.481 e. The quantitative estimate of drug-likeness (QED) is 0.668. The van der Waals surface area contributed by atoms with Crippen LogP contribution >= 0.6 is 0 Å². The molecule has 1 N–H and O–H groups in total. The third-order valence-corrected chi connectivity index (χ3v) is 2.54. The van der Waals surface area contributed by atoms with Crippen molar-refractivity contribution < 1.29 is 4.74 Å². The van der Waals surface area contributed by atoms with E-state index in [0.29, 0.717) is 11.6 Å². The van der Waals surface area contributed by atoms with Crippen LogP contribution in [0.4, 0.5) is 0 Å². The Balaban J connectivity index is 1.93. The predicted octanol–water partition coefficient (Wildman–Crippen LogP) is 1.76. The highest BCUT2D eigenvalue weighted by molar-refractivity contribution is 5.70. The van der Waals surface area contributed by atoms with Gasteiger partial charge in [0.1, 0.15) is 11.2 Å². The molecular weight excluding hydrogens is 240 g/mol. The van der Waals surface area contributed by atoms with E-state index in [1.54, 1.807) is 31.8 Å². The molecule has 0 saturated heterocycles. The lowest BCUT2D eigenvalue weighted by Gasteiger charge is -1.96. The topological polar surface area (TPSA) is 63.7 Å². The van der Waals surface area contributed by atoms with Gasteiger partial charge in [-0.25, -0.2) is 15.0 Å². The fourth-order valence-corrected chi connectivity index (χ4v) is 1.63. The number of hydrogen-bond acceptors (Lipinski definition) is 4. The minimum atomic E-state index is 0.541. The fourth-order valence-electron chi connectivity index (χ4n) is 1.63. The molecular formula is C14H10N4O. The van der Waals surface area contributed by atoms with Gasteiger partial charge in [-0.05, 0) is 18.1 Å². The van der Waals surface area contributed by atoms with Gasteiger partial charge in [-0.3, -0.25) is 0 Å². The molecule has 0 radical (unpaired) electrons. The fraction of sp³-hybridized carbons (Fsp3) is 0.0714. The lowest BCUT2D eigenvalue weighted by Crippen LogP contribution is -1.88. The molecule has 0 atom stereocenters. The van der Waals surface area contributed by atoms with Crippen molar-refractivity contribution in [2.45, 2.75) is 0 Å². The molecule has 92 valence electrons. The van der Waals surface area contributed by atoms with E-state index in [2.05, 4.69) is 31.8 Å². The standard InChI is InChI=1S/C14H10N4O/c1-19-13-8-10(4-6-15-13)2-3-11-9-17-14-12(18-11)5-7-16-14/h4-9H,1H3,(H,16,17). The van der Waals surface area contributed by atoms with E-state index in [-0.39, 0.29) is 0 Å². The van der Waals surface area contributed by atoms with Gasteiger partial charge in [-0.2, -0.15) is 0 Å². The maximum absolute atomic E-state index is 5.04. The van der Waals surface area contributed by atoms with Crippen molar-refractivity contribution in [3.63, 3.8) is 0 Å². The van der Waals surface area contributed by atoms with Crippen LogP contribution in [0.15, 0.2) is 36.8 Å². The summed E-state index contributed by atoms with van der Waals surface area (Å²) in [6, 6.07) is 5.45. The highest BCUT2D eigenvalue weighted by Gasteiger charge is 1.98. The summed E-state index contributed by atoms with van der Waals surface area (Å²) in [5.41, 5.74) is 3.01. The van der Waals surface area contributed by atoms with Crippen molar-refractivity contribution in [3.8, 4) is 17.7 Å². The number of methoxy groups -OCH3 is 1. The van der Waals surface area contributed by atoms with E-state index in [1.807, 2.05) is 12.1 Å². The minimum Gasteiger partial charge on any atom is -0.481 e. The van der Waals surface area contributed by atoms with E-state index < -0.39 is 0 Å². The maximum atomic E-state index is 5.04. The van der Waals surface area contributed by atoms with Crippen molar-refractivity contribution >= 4 is 11.2 Å². The van der Waals surface area contributed by atoms with Crippen molar-refractivity contribution in [2.24, 2.45) is 0 Å². The number of H-pyrrole nitrogens is 1. The van der Waals surface area contributed by atoms with Crippen LogP contribution in [0.25, 0.3) is 11.2 Å². The Morgan fingerprint density at radius 2 is 2.16 bits per heavy atom. The van der Waals surface area contributed by atoms with Gasteiger partial charge in [0.2, 0.25) is 5.88 Å². The molecule has 0 aliphatic heterocycles. The second-order valence-corrected chi connectivity index (χ2v) is 3.80. The van der Waals surface area contributed by atoms with E-state index in [9.17, 15) is 0 Å². The van der Waals surface area contributed by atoms with Crippen molar-refractivity contribution in [2.75, 3.05) is 7.11 Å². The molecule has 3 aromatic rings. The molecule has 5 nitrogen and oxygen atoms in total. The summed E-state index contributed by atoms with van der Waals surface area (Å²) in [4.78, 5) is 15.6. The first kappa shape index (κ1) is 11.2. The first-order valence-electron chi connectivity index (χ1n) is 5.67. The number of nitrogens with zero attached hydrogens (tertiary/aromatic N) is 3. The summed E-state index contributed by atoms with van der Waals surface area (Å²) in [5.74, 6) is 6.52. The number of aromatic amines is 1. The average Bonchev–Trinajstić information content (AvgIpc) is 2.93. The van der Waals surface area contributed by atoms with Crippen LogP contribution in [-0.2, 0) is 0 Å². The lowest BCUT2D eigenvalue weighted by atomic mass is 10.2. The number of aromatic nitrogens is 4. The second kappa shape index (κ2) is 4.78. The number of hydrogen-bond donors (Lipinski definition) is 1. The van der Waals surface area contributed by atoms with Gasteiger partial charge >= 0.3 is 0 Å². The van der Waals surface area contributed by atoms with Crippen LogP contribution in [0.2, 0.25) is 0 Å². The van der Waals surface area contributed by atoms with Gasteiger partial charge in [0, 0.05) is 24.0 Å². The highest BCUT2D eigenvalue weighted by atomic mass is 16.5. The molecule has 3 rings (SSSR count). The van der Waals surface area contributed by atoms with Gasteiger partial charge in [-0.15, -0.1) is 0 Å². The van der Waals surface area contributed by atoms with Crippen molar-refractivity contribution in [1.29, 1.82) is 0 Å². The molecule has 3 aromatic heterocycles. The molecule has 0 unspecified atom stereocenters. The third-order valence-electron chi connectivity index (χ3n) is 2.54. The first-order chi connectivity index (χ1) is 9.35. The third kappa shape index (κ3) is 2.38. The Bertz CT molecular complexity index is 782. The molecule has 0 aromatic carbocycles. The van der Waals surface area contributed by atoms with Crippen LogP contribution in [0, 0.1) is 11.8 Å². The van der Waals surface area contributed by atoms with Crippen LogP contribution in [0.1, 0.15) is 11.3 Å². The Morgan fingerprint density at radius 1 is 1.21 bits per heavy atom. The maximum Gasteiger partial charge on any atom is 0.214 e. The van der Waals surface area contributed by atoms with Gasteiger partial charge < -0.3 is 9.72 Å². The van der Waals surface area contributed by atoms with Gasteiger partial charge in [0.05, 0.1) is 13.3 Å². The molecule has 0 bridgehead atoms. The summed E-state index contributed by atoms with van der Waals surface area (Å²) in [5, 5.41) is 0. The monoisotopic (exact) mass is 250 g/mol. The molecule has 0 aliphatic carbocycles. The number of pyridine rings is 1. The summed E-state index contributed by atoms with van der Waals surface area (Å²) in [6.45, 7) is 0. The van der Waals surface area contributed by atoms with Crippen LogP contribution in [0.5, 0.6) is 5.88 Å². The number of nitrogens with one attached hydrogen (secondary N) is 1. The predicted molar refractivity (Wildman–Crippen MR) is 70.7 cm³/mol. The van der Waals surface area contributed by atoms with Gasteiger partial charge in [0.15, 0.2) is 5.65 Å². The summed E-state index contributed by atoms with van der Waals surface area (Å²) < 4.78 is 5.04. The zero-order valence-corrected chi connectivity index (χ0v) is 10.2. The normalized spacial score (nSPS) is 9.95. The van der Waals surface area contributed by atoms with Crippen LogP contribution < -0.4 is 4.74 Å². The Kier molecular flexibility index (Phi) is 2.83.